The highest BCUT2D eigenvalue weighted by molar-refractivity contribution is 5.97. The number of hydrogen-bond donors (Lipinski definition) is 2. The van der Waals surface area contributed by atoms with Crippen LogP contribution in [0.3, 0.4) is 0 Å². The summed E-state index contributed by atoms with van der Waals surface area (Å²) in [4.78, 5) is 26.3. The van der Waals surface area contributed by atoms with Crippen LogP contribution in [0.4, 0.5) is 10.1 Å². The average Bonchev–Trinajstić information content (AvgIpc) is 3.45. The molecule has 0 amide bonds. The molecule has 1 aliphatic heterocycles. The number of ether oxygens (including phenoxy) is 1. The van der Waals surface area contributed by atoms with Crippen LogP contribution in [0.5, 0.6) is 5.75 Å². The molecule has 3 fully saturated rings. The number of pyridine rings is 1. The molecule has 29 heavy (non-hydrogen) atoms. The van der Waals surface area contributed by atoms with E-state index < -0.39 is 17.2 Å². The summed E-state index contributed by atoms with van der Waals surface area (Å²) >= 11 is 0. The quantitative estimate of drug-likeness (QED) is 0.816. The molecule has 0 bridgehead atoms. The second-order valence-corrected chi connectivity index (χ2v) is 8.96. The van der Waals surface area contributed by atoms with Gasteiger partial charge in [-0.3, -0.25) is 4.79 Å². The van der Waals surface area contributed by atoms with Crippen LogP contribution < -0.4 is 20.8 Å². The van der Waals surface area contributed by atoms with Crippen molar-refractivity contribution < 1.29 is 19.0 Å². The molecule has 1 aromatic heterocycles. The Kier molecular flexibility index (Phi) is 3.78. The van der Waals surface area contributed by atoms with Gasteiger partial charge in [0, 0.05) is 31.4 Å². The number of carboxylic acid groups (broad SMARTS) is 1. The van der Waals surface area contributed by atoms with Gasteiger partial charge in [0.15, 0.2) is 11.6 Å². The average molecular weight is 401 g/mol. The molecule has 2 aliphatic carbocycles. The molecular weight excluding hydrogens is 377 g/mol. The molecule has 3 N–H and O–H groups in total. The van der Waals surface area contributed by atoms with Crippen LogP contribution in [-0.4, -0.2) is 41.9 Å². The minimum absolute atomic E-state index is 0.0417. The number of fused-ring (bicyclic) bond motifs is 2. The number of hydrogen-bond acceptors (Lipinski definition) is 5. The second-order valence-electron chi connectivity index (χ2n) is 8.96. The number of aromatic carboxylic acids is 1. The Morgan fingerprint density at radius 1 is 1.41 bits per heavy atom. The summed E-state index contributed by atoms with van der Waals surface area (Å²) in [6.45, 7) is 3.48. The van der Waals surface area contributed by atoms with Gasteiger partial charge in [-0.05, 0) is 36.7 Å². The SMILES string of the molecule is COc1c(N2CC3C(N)CC3(C)C2)c(F)cc2c(=O)c(C(=O)O)cn(C3CC3)c12. The van der Waals surface area contributed by atoms with E-state index in [-0.39, 0.29) is 28.4 Å². The fraction of sp³-hybridized carbons (Fsp3) is 0.524. The Hall–Kier alpha value is -2.61. The molecule has 7 nitrogen and oxygen atoms in total. The number of nitrogens with zero attached hydrogens (tertiary/aromatic N) is 2. The van der Waals surface area contributed by atoms with E-state index in [0.717, 1.165) is 19.3 Å². The topological polar surface area (TPSA) is 97.8 Å². The molecule has 1 saturated heterocycles. The predicted octanol–water partition coefficient (Wildman–Crippen LogP) is 2.36. The Bertz CT molecular complexity index is 1110. The minimum atomic E-state index is -1.31. The first-order valence-electron chi connectivity index (χ1n) is 9.94. The number of anilines is 1. The third kappa shape index (κ3) is 2.51. The summed E-state index contributed by atoms with van der Waals surface area (Å²) in [5.41, 5.74) is 5.98. The highest BCUT2D eigenvalue weighted by Crippen LogP contribution is 2.54. The lowest BCUT2D eigenvalue weighted by Gasteiger charge is -2.46. The Labute approximate surface area is 166 Å². The molecular formula is C21H24FN3O4. The Balaban J connectivity index is 1.76. The Morgan fingerprint density at radius 3 is 2.69 bits per heavy atom. The summed E-state index contributed by atoms with van der Waals surface area (Å²) in [6.07, 6.45) is 4.04. The minimum Gasteiger partial charge on any atom is -0.492 e. The third-order valence-electron chi connectivity index (χ3n) is 6.97. The fourth-order valence-corrected chi connectivity index (χ4v) is 5.36. The van der Waals surface area contributed by atoms with E-state index in [0.29, 0.717) is 36.0 Å². The summed E-state index contributed by atoms with van der Waals surface area (Å²) < 4.78 is 22.8. The van der Waals surface area contributed by atoms with Crippen molar-refractivity contribution in [2.24, 2.45) is 17.1 Å². The van der Waals surface area contributed by atoms with Gasteiger partial charge < -0.3 is 25.0 Å². The predicted molar refractivity (Wildman–Crippen MR) is 106 cm³/mol. The van der Waals surface area contributed by atoms with Gasteiger partial charge >= 0.3 is 5.97 Å². The van der Waals surface area contributed by atoms with Crippen molar-refractivity contribution in [2.75, 3.05) is 25.1 Å². The first kappa shape index (κ1) is 18.4. The summed E-state index contributed by atoms with van der Waals surface area (Å²) in [6, 6.07) is 1.37. The molecule has 5 rings (SSSR count). The number of carboxylic acids is 1. The first-order valence-corrected chi connectivity index (χ1v) is 9.94. The van der Waals surface area contributed by atoms with Crippen molar-refractivity contribution >= 4 is 22.6 Å². The number of nitrogens with two attached hydrogens (primary N) is 1. The maximum absolute atomic E-state index is 15.3. The number of halogens is 1. The van der Waals surface area contributed by atoms with Crippen molar-refractivity contribution in [3.63, 3.8) is 0 Å². The lowest BCUT2D eigenvalue weighted by atomic mass is 9.60. The highest BCUT2D eigenvalue weighted by atomic mass is 19.1. The van der Waals surface area contributed by atoms with Gasteiger partial charge in [0.2, 0.25) is 5.43 Å². The fourth-order valence-electron chi connectivity index (χ4n) is 5.36. The number of methoxy groups -OCH3 is 1. The molecule has 1 aromatic carbocycles. The van der Waals surface area contributed by atoms with Gasteiger partial charge in [-0.1, -0.05) is 6.92 Å². The van der Waals surface area contributed by atoms with E-state index >= 15 is 4.39 Å². The van der Waals surface area contributed by atoms with Crippen molar-refractivity contribution in [1.82, 2.24) is 4.57 Å². The molecule has 3 atom stereocenters. The molecule has 154 valence electrons. The van der Waals surface area contributed by atoms with Crippen LogP contribution in [0, 0.1) is 17.2 Å². The zero-order chi connectivity index (χ0) is 20.7. The van der Waals surface area contributed by atoms with Gasteiger partial charge in [-0.2, -0.15) is 0 Å². The lowest BCUT2D eigenvalue weighted by Crippen LogP contribution is -2.53. The molecule has 2 aromatic rings. The van der Waals surface area contributed by atoms with Gasteiger partial charge in [-0.25, -0.2) is 9.18 Å². The zero-order valence-electron chi connectivity index (χ0n) is 16.4. The van der Waals surface area contributed by atoms with Crippen LogP contribution >= 0.6 is 0 Å². The summed E-state index contributed by atoms with van der Waals surface area (Å²) in [7, 11) is 1.46. The van der Waals surface area contributed by atoms with E-state index in [1.165, 1.54) is 19.4 Å². The summed E-state index contributed by atoms with van der Waals surface area (Å²) in [5, 5.41) is 9.48. The number of benzene rings is 1. The van der Waals surface area contributed by atoms with Gasteiger partial charge in [0.1, 0.15) is 11.3 Å². The van der Waals surface area contributed by atoms with Gasteiger partial charge in [0.25, 0.3) is 0 Å². The maximum atomic E-state index is 15.3. The normalized spacial score (nSPS) is 28.3. The van der Waals surface area contributed by atoms with E-state index in [1.807, 2.05) is 4.90 Å². The molecule has 3 aliphatic rings. The third-order valence-corrected chi connectivity index (χ3v) is 6.97. The number of rotatable bonds is 4. The van der Waals surface area contributed by atoms with E-state index in [4.69, 9.17) is 10.5 Å². The Morgan fingerprint density at radius 2 is 2.14 bits per heavy atom. The largest absolute Gasteiger partial charge is 0.492 e. The monoisotopic (exact) mass is 401 g/mol. The number of carbonyl (C=O) groups is 1. The zero-order valence-corrected chi connectivity index (χ0v) is 16.4. The van der Waals surface area contributed by atoms with Crippen LogP contribution in [0.2, 0.25) is 0 Å². The van der Waals surface area contributed by atoms with Crippen molar-refractivity contribution in [3.8, 4) is 5.75 Å². The second kappa shape index (κ2) is 5.95. The number of aromatic nitrogens is 1. The van der Waals surface area contributed by atoms with Crippen LogP contribution in [0.1, 0.15) is 42.6 Å². The van der Waals surface area contributed by atoms with E-state index in [9.17, 15) is 14.7 Å². The molecule has 8 heteroatoms. The smallest absolute Gasteiger partial charge is 0.341 e. The molecule has 3 unspecified atom stereocenters. The van der Waals surface area contributed by atoms with Crippen LogP contribution in [0.25, 0.3) is 10.9 Å². The molecule has 2 saturated carbocycles. The van der Waals surface area contributed by atoms with Crippen molar-refractivity contribution in [3.05, 3.63) is 33.9 Å². The van der Waals surface area contributed by atoms with Gasteiger partial charge in [-0.15, -0.1) is 0 Å². The van der Waals surface area contributed by atoms with Crippen molar-refractivity contribution in [2.45, 2.75) is 38.3 Å². The maximum Gasteiger partial charge on any atom is 0.341 e. The highest BCUT2D eigenvalue weighted by Gasteiger charge is 2.55. The lowest BCUT2D eigenvalue weighted by molar-refractivity contribution is 0.0694. The van der Waals surface area contributed by atoms with E-state index in [1.54, 1.807) is 4.57 Å². The standard InChI is InChI=1S/C21H24FN3O4/c1-21-6-15(23)13(21)8-24(9-21)17-14(22)5-11-16(19(17)29-2)25(10-3-4-10)7-12(18(11)26)20(27)28/h5,7,10,13,15H,3-4,6,8-9,23H2,1-2H3,(H,27,28). The first-order chi connectivity index (χ1) is 13.7. The molecule has 0 spiro atoms. The molecule has 2 heterocycles. The van der Waals surface area contributed by atoms with Gasteiger partial charge in [0.05, 0.1) is 18.0 Å². The van der Waals surface area contributed by atoms with E-state index in [2.05, 4.69) is 6.92 Å². The van der Waals surface area contributed by atoms with Crippen LogP contribution in [-0.2, 0) is 0 Å². The summed E-state index contributed by atoms with van der Waals surface area (Å²) in [5.74, 6) is -1.30. The molecule has 0 radical (unpaired) electrons. The van der Waals surface area contributed by atoms with Crippen molar-refractivity contribution in [1.29, 1.82) is 0 Å². The van der Waals surface area contributed by atoms with Crippen LogP contribution in [0.15, 0.2) is 17.1 Å².